The maximum Gasteiger partial charge on any atom is 0.326 e. The molecular formula is C22H25N5O3. The summed E-state index contributed by atoms with van der Waals surface area (Å²) in [5.41, 5.74) is 5.15. The van der Waals surface area contributed by atoms with E-state index in [1.165, 1.54) is 19.3 Å². The number of nitrogens with zero attached hydrogens (tertiary/aromatic N) is 4. The first-order valence-corrected chi connectivity index (χ1v) is 10.5. The quantitative estimate of drug-likeness (QED) is 0.546. The summed E-state index contributed by atoms with van der Waals surface area (Å²) in [5.74, 6) is 1.68. The van der Waals surface area contributed by atoms with Crippen molar-refractivity contribution in [3.63, 3.8) is 0 Å². The van der Waals surface area contributed by atoms with Gasteiger partial charge >= 0.3 is 5.69 Å². The molecule has 0 aliphatic heterocycles. The lowest BCUT2D eigenvalue weighted by atomic mass is 9.89. The molecule has 0 atom stereocenters. The zero-order chi connectivity index (χ0) is 20.8. The second-order valence-electron chi connectivity index (χ2n) is 8.18. The third-order valence-electron chi connectivity index (χ3n) is 6.20. The number of hydrogen-bond donors (Lipinski definition) is 1. The smallest absolute Gasteiger partial charge is 0.326 e. The molecule has 8 heteroatoms. The largest absolute Gasteiger partial charge is 0.481 e. The van der Waals surface area contributed by atoms with E-state index in [-0.39, 0.29) is 5.69 Å². The summed E-state index contributed by atoms with van der Waals surface area (Å²) in [6.07, 6.45) is 7.79. The van der Waals surface area contributed by atoms with Crippen molar-refractivity contribution in [2.75, 3.05) is 7.11 Å². The normalized spacial score (nSPS) is 15.3. The predicted octanol–water partition coefficient (Wildman–Crippen LogP) is 4.13. The van der Waals surface area contributed by atoms with Gasteiger partial charge in [-0.15, -0.1) is 0 Å². The Bertz CT molecular complexity index is 1270. The van der Waals surface area contributed by atoms with E-state index in [1.807, 2.05) is 24.5 Å². The second kappa shape index (κ2) is 7.27. The summed E-state index contributed by atoms with van der Waals surface area (Å²) in [5, 5.41) is 4.05. The first kappa shape index (κ1) is 18.8. The molecule has 0 saturated heterocycles. The highest BCUT2D eigenvalue weighted by Gasteiger charge is 2.22. The van der Waals surface area contributed by atoms with Crippen LogP contribution < -0.4 is 10.4 Å². The van der Waals surface area contributed by atoms with Gasteiger partial charge in [0.1, 0.15) is 11.3 Å². The van der Waals surface area contributed by atoms with E-state index >= 15 is 0 Å². The average Bonchev–Trinajstić information content (AvgIpc) is 3.26. The fraction of sp³-hybridized carbons (Fsp3) is 0.455. The number of ether oxygens (including phenoxy) is 1. The Labute approximate surface area is 173 Å². The van der Waals surface area contributed by atoms with E-state index in [0.717, 1.165) is 35.2 Å². The Morgan fingerprint density at radius 3 is 2.77 bits per heavy atom. The summed E-state index contributed by atoms with van der Waals surface area (Å²) >= 11 is 0. The van der Waals surface area contributed by atoms with Crippen molar-refractivity contribution >= 4 is 22.1 Å². The minimum atomic E-state index is -0.111. The van der Waals surface area contributed by atoms with Crippen LogP contribution in [0.1, 0.15) is 43.6 Å². The van der Waals surface area contributed by atoms with Crippen molar-refractivity contribution in [3.8, 4) is 17.0 Å². The summed E-state index contributed by atoms with van der Waals surface area (Å²) in [7, 11) is 1.59. The van der Waals surface area contributed by atoms with Gasteiger partial charge in [-0.25, -0.2) is 9.78 Å². The highest BCUT2D eigenvalue weighted by atomic mass is 16.5. The van der Waals surface area contributed by atoms with Crippen LogP contribution in [0.2, 0.25) is 0 Å². The number of methoxy groups -OCH3 is 1. The number of aryl methyl sites for hydroxylation is 2. The van der Waals surface area contributed by atoms with Gasteiger partial charge in [0, 0.05) is 6.54 Å². The van der Waals surface area contributed by atoms with Crippen molar-refractivity contribution in [2.45, 2.75) is 52.5 Å². The molecule has 0 unspecified atom stereocenters. The van der Waals surface area contributed by atoms with Gasteiger partial charge in [-0.05, 0) is 38.7 Å². The molecule has 4 aromatic rings. The molecule has 1 saturated carbocycles. The minimum absolute atomic E-state index is 0.111. The van der Waals surface area contributed by atoms with E-state index in [4.69, 9.17) is 14.2 Å². The molecule has 0 radical (unpaired) electrons. The zero-order valence-electron chi connectivity index (χ0n) is 17.5. The molecular weight excluding hydrogens is 382 g/mol. The Morgan fingerprint density at radius 1 is 1.27 bits per heavy atom. The predicted molar refractivity (Wildman–Crippen MR) is 114 cm³/mol. The summed E-state index contributed by atoms with van der Waals surface area (Å²) in [4.78, 5) is 25.1. The number of pyridine rings is 2. The van der Waals surface area contributed by atoms with Gasteiger partial charge in [0.05, 0.1) is 46.7 Å². The number of aromatic amines is 1. The molecule has 1 aliphatic rings. The van der Waals surface area contributed by atoms with Gasteiger partial charge in [-0.2, -0.15) is 0 Å². The van der Waals surface area contributed by atoms with Crippen molar-refractivity contribution in [2.24, 2.45) is 5.92 Å². The molecule has 5 rings (SSSR count). The van der Waals surface area contributed by atoms with E-state index in [2.05, 4.69) is 15.1 Å². The fourth-order valence-electron chi connectivity index (χ4n) is 4.73. The van der Waals surface area contributed by atoms with Crippen LogP contribution in [-0.2, 0) is 6.54 Å². The van der Waals surface area contributed by atoms with E-state index < -0.39 is 0 Å². The Kier molecular flexibility index (Phi) is 4.56. The number of aromatic nitrogens is 5. The second-order valence-corrected chi connectivity index (χ2v) is 8.18. The van der Waals surface area contributed by atoms with Crippen LogP contribution >= 0.6 is 0 Å². The molecule has 1 fully saturated rings. The molecule has 0 amide bonds. The average molecular weight is 407 g/mol. The van der Waals surface area contributed by atoms with Crippen LogP contribution in [0.15, 0.2) is 21.6 Å². The monoisotopic (exact) mass is 407 g/mol. The van der Waals surface area contributed by atoms with Gasteiger partial charge in [-0.1, -0.05) is 24.4 Å². The fourth-order valence-corrected chi connectivity index (χ4v) is 4.73. The van der Waals surface area contributed by atoms with Crippen molar-refractivity contribution in [1.29, 1.82) is 0 Å². The summed E-state index contributed by atoms with van der Waals surface area (Å²) < 4.78 is 12.8. The maximum absolute atomic E-state index is 12.8. The van der Waals surface area contributed by atoms with Gasteiger partial charge < -0.3 is 14.2 Å². The molecule has 4 aromatic heterocycles. The Hall–Kier alpha value is -3.16. The number of imidazole rings is 1. The van der Waals surface area contributed by atoms with Gasteiger partial charge in [0.25, 0.3) is 0 Å². The highest BCUT2D eigenvalue weighted by molar-refractivity contribution is 6.01. The molecule has 1 N–H and O–H groups in total. The Morgan fingerprint density at radius 2 is 2.07 bits per heavy atom. The molecule has 4 heterocycles. The van der Waals surface area contributed by atoms with Crippen LogP contribution in [0.4, 0.5) is 0 Å². The highest BCUT2D eigenvalue weighted by Crippen LogP contribution is 2.36. The topological polar surface area (TPSA) is 98.8 Å². The standard InChI is InChI=1S/C22H25N5O3/c1-12-18(13(2)30-26-12)15-9-16-19(25-21(15)29-3)20-17(10-23-16)24-22(28)27(20)11-14-7-5-4-6-8-14/h9-10,14H,4-8,11H2,1-3H3,(H,24,28). The third-order valence-corrected chi connectivity index (χ3v) is 6.20. The number of nitrogens with one attached hydrogen (secondary N) is 1. The van der Waals surface area contributed by atoms with E-state index in [9.17, 15) is 4.79 Å². The summed E-state index contributed by atoms with van der Waals surface area (Å²) in [6.45, 7) is 4.46. The van der Waals surface area contributed by atoms with Crippen molar-refractivity contribution in [1.82, 2.24) is 24.7 Å². The third kappa shape index (κ3) is 2.98. The van der Waals surface area contributed by atoms with Gasteiger partial charge in [0.15, 0.2) is 0 Å². The van der Waals surface area contributed by atoms with Crippen molar-refractivity contribution in [3.05, 3.63) is 34.2 Å². The molecule has 8 nitrogen and oxygen atoms in total. The number of rotatable bonds is 4. The number of hydrogen-bond acceptors (Lipinski definition) is 6. The first-order valence-electron chi connectivity index (χ1n) is 10.5. The van der Waals surface area contributed by atoms with Gasteiger partial charge in [0.2, 0.25) is 5.88 Å². The molecule has 0 bridgehead atoms. The number of fused-ring (bicyclic) bond motifs is 3. The molecule has 1 aliphatic carbocycles. The minimum Gasteiger partial charge on any atom is -0.481 e. The van der Waals surface area contributed by atoms with Crippen LogP contribution in [0.5, 0.6) is 5.88 Å². The Balaban J connectivity index is 1.72. The van der Waals surface area contributed by atoms with Crippen LogP contribution in [0.3, 0.4) is 0 Å². The zero-order valence-corrected chi connectivity index (χ0v) is 17.5. The van der Waals surface area contributed by atoms with Crippen LogP contribution in [0.25, 0.3) is 33.2 Å². The maximum atomic E-state index is 12.8. The van der Waals surface area contributed by atoms with Crippen LogP contribution in [0, 0.1) is 19.8 Å². The van der Waals surface area contributed by atoms with Crippen molar-refractivity contribution < 1.29 is 9.26 Å². The lowest BCUT2D eigenvalue weighted by molar-refractivity contribution is 0.319. The molecule has 0 spiro atoms. The SMILES string of the molecule is COc1nc2c(cc1-c1c(C)noc1C)ncc1[nH]c(=O)n(CC3CCCCC3)c12. The van der Waals surface area contributed by atoms with Gasteiger partial charge in [-0.3, -0.25) is 9.55 Å². The molecule has 30 heavy (non-hydrogen) atoms. The first-order chi connectivity index (χ1) is 14.6. The molecule has 0 aromatic carbocycles. The van der Waals surface area contributed by atoms with E-state index in [1.54, 1.807) is 13.3 Å². The summed E-state index contributed by atoms with van der Waals surface area (Å²) in [6, 6.07) is 1.94. The number of H-pyrrole nitrogens is 1. The lowest BCUT2D eigenvalue weighted by Gasteiger charge is -2.21. The lowest BCUT2D eigenvalue weighted by Crippen LogP contribution is -2.23. The molecule has 156 valence electrons. The van der Waals surface area contributed by atoms with E-state index in [0.29, 0.717) is 40.7 Å². The van der Waals surface area contributed by atoms with Crippen LogP contribution in [-0.4, -0.2) is 31.8 Å².